The van der Waals surface area contributed by atoms with E-state index in [1.165, 1.54) is 0 Å². The Bertz CT molecular complexity index is 474. The van der Waals surface area contributed by atoms with Crippen LogP contribution in [0.4, 0.5) is 0 Å². The van der Waals surface area contributed by atoms with Gasteiger partial charge in [0.2, 0.25) is 0 Å². The molecule has 0 bridgehead atoms. The molecule has 0 aromatic heterocycles. The van der Waals surface area contributed by atoms with E-state index in [0.29, 0.717) is 44.0 Å². The molecule has 0 saturated carbocycles. The average molecular weight is 615 g/mol. The number of rotatable bonds is 22. The largest absolute Gasteiger partial charge is 0.383 e. The lowest BCUT2D eigenvalue weighted by atomic mass is 10.2. The van der Waals surface area contributed by atoms with Crippen LogP contribution < -0.4 is 16.0 Å². The summed E-state index contributed by atoms with van der Waals surface area (Å²) in [5, 5.41) is 9.53. The van der Waals surface area contributed by atoms with E-state index in [-0.39, 0.29) is 18.3 Å². The first-order valence-electron chi connectivity index (χ1n) is 15.3. The Morgan fingerprint density at radius 3 is 1.17 bits per heavy atom. The van der Waals surface area contributed by atoms with E-state index in [1.807, 2.05) is 7.05 Å². The molecular formula is C31H74N4O7. The molecule has 0 aliphatic heterocycles. The normalized spacial score (nSPS) is 13.4. The Hall–Kier alpha value is -0.440. The lowest BCUT2D eigenvalue weighted by Gasteiger charge is -2.32. The summed E-state index contributed by atoms with van der Waals surface area (Å²) in [7, 11) is 13.8. The van der Waals surface area contributed by atoms with Gasteiger partial charge < -0.3 is 49.1 Å². The number of ether oxygens (including phenoxy) is 7. The van der Waals surface area contributed by atoms with Crippen LogP contribution in [-0.4, -0.2) is 157 Å². The molecule has 0 aliphatic rings. The SMILES string of the molecule is CNC(C)C.COCC(CN(CC(COC)OC)C(C)C)OC.COCC(CNC(C)C)OC.COCCNC(C)C. The van der Waals surface area contributed by atoms with Crippen LogP contribution in [0.15, 0.2) is 0 Å². The highest BCUT2D eigenvalue weighted by Crippen LogP contribution is 2.06. The van der Waals surface area contributed by atoms with Crippen LogP contribution in [0.3, 0.4) is 0 Å². The van der Waals surface area contributed by atoms with Gasteiger partial charge in [-0.05, 0) is 20.9 Å². The summed E-state index contributed by atoms with van der Waals surface area (Å²) in [4.78, 5) is 2.32. The minimum atomic E-state index is 0.0810. The lowest BCUT2D eigenvalue weighted by Crippen LogP contribution is -2.45. The van der Waals surface area contributed by atoms with Crippen molar-refractivity contribution >= 4 is 0 Å². The van der Waals surface area contributed by atoms with Gasteiger partial charge in [0.05, 0.1) is 44.7 Å². The standard InChI is InChI=1S/C13H29NO4.C8H19NO2.C6H15NO.C4H11N/c1-11(2)14(7-12(17-5)9-15-3)8-13(18-6)10-16-4;1-7(2)9-5-8(11-4)6-10-3;1-6(2)7-4-5-8-3;1-4(2)5-3/h11-13H,7-10H2,1-6H3;7-9H,5-6H2,1-4H3;6-7H,4-5H2,1-3H3;4-5H,1-3H3. The number of nitrogens with zero attached hydrogens (tertiary/aromatic N) is 1. The van der Waals surface area contributed by atoms with E-state index < -0.39 is 0 Å². The molecule has 42 heavy (non-hydrogen) atoms. The fraction of sp³-hybridized carbons (Fsp3) is 1.00. The smallest absolute Gasteiger partial charge is 0.0931 e. The van der Waals surface area contributed by atoms with Gasteiger partial charge in [0.25, 0.3) is 0 Å². The Labute approximate surface area is 261 Å². The molecule has 0 aliphatic carbocycles. The first kappa shape index (κ1) is 48.5. The summed E-state index contributed by atoms with van der Waals surface area (Å²) >= 11 is 0. The molecule has 0 spiro atoms. The van der Waals surface area contributed by atoms with Crippen LogP contribution in [0, 0.1) is 0 Å². The Morgan fingerprint density at radius 1 is 0.524 bits per heavy atom. The molecule has 0 radical (unpaired) electrons. The van der Waals surface area contributed by atoms with Crippen LogP contribution in [-0.2, 0) is 33.2 Å². The molecule has 0 fully saturated rings. The first-order chi connectivity index (χ1) is 19.8. The van der Waals surface area contributed by atoms with Crippen molar-refractivity contribution in [1.82, 2.24) is 20.9 Å². The van der Waals surface area contributed by atoms with Crippen LogP contribution in [0.1, 0.15) is 55.4 Å². The van der Waals surface area contributed by atoms with Crippen molar-refractivity contribution in [3.8, 4) is 0 Å². The van der Waals surface area contributed by atoms with E-state index in [1.54, 1.807) is 49.8 Å². The van der Waals surface area contributed by atoms with Gasteiger partial charge in [-0.15, -0.1) is 0 Å². The molecule has 3 unspecified atom stereocenters. The van der Waals surface area contributed by atoms with Gasteiger partial charge in [-0.3, -0.25) is 4.90 Å². The van der Waals surface area contributed by atoms with Crippen LogP contribution in [0.25, 0.3) is 0 Å². The molecule has 11 nitrogen and oxygen atoms in total. The molecule has 0 aromatic carbocycles. The summed E-state index contributed by atoms with van der Waals surface area (Å²) in [6.07, 6.45) is 0.331. The van der Waals surface area contributed by atoms with Crippen molar-refractivity contribution in [2.24, 2.45) is 0 Å². The highest BCUT2D eigenvalue weighted by molar-refractivity contribution is 4.73. The average Bonchev–Trinajstić information content (AvgIpc) is 2.94. The number of methoxy groups -OCH3 is 7. The summed E-state index contributed by atoms with van der Waals surface area (Å²) in [6.45, 7) is 23.1. The monoisotopic (exact) mass is 615 g/mol. The molecule has 3 N–H and O–H groups in total. The minimum absolute atomic E-state index is 0.0810. The van der Waals surface area contributed by atoms with Gasteiger partial charge >= 0.3 is 0 Å². The van der Waals surface area contributed by atoms with E-state index in [0.717, 1.165) is 32.8 Å². The maximum Gasteiger partial charge on any atom is 0.0931 e. The zero-order valence-electron chi connectivity index (χ0n) is 30.5. The van der Waals surface area contributed by atoms with Crippen LogP contribution in [0.2, 0.25) is 0 Å². The number of hydrogen-bond acceptors (Lipinski definition) is 11. The summed E-state index contributed by atoms with van der Waals surface area (Å²) in [5.41, 5.74) is 0. The molecule has 3 atom stereocenters. The summed E-state index contributed by atoms with van der Waals surface area (Å²) in [6, 6.07) is 2.14. The fourth-order valence-corrected chi connectivity index (χ4v) is 2.99. The van der Waals surface area contributed by atoms with E-state index in [4.69, 9.17) is 33.2 Å². The van der Waals surface area contributed by atoms with Gasteiger partial charge in [-0.1, -0.05) is 41.5 Å². The summed E-state index contributed by atoms with van der Waals surface area (Å²) < 4.78 is 36.1. The second kappa shape index (κ2) is 36.8. The number of nitrogens with one attached hydrogen (secondary N) is 3. The zero-order chi connectivity index (χ0) is 33.3. The lowest BCUT2D eigenvalue weighted by molar-refractivity contribution is -0.0305. The second-order valence-electron chi connectivity index (χ2n) is 11.1. The van der Waals surface area contributed by atoms with Gasteiger partial charge in [-0.25, -0.2) is 0 Å². The number of hydrogen-bond donors (Lipinski definition) is 3. The maximum absolute atomic E-state index is 5.41. The predicted molar refractivity (Wildman–Crippen MR) is 177 cm³/mol. The third kappa shape index (κ3) is 39.6. The Morgan fingerprint density at radius 2 is 0.905 bits per heavy atom. The predicted octanol–water partition coefficient (Wildman–Crippen LogP) is 2.91. The van der Waals surface area contributed by atoms with Crippen molar-refractivity contribution in [2.45, 2.75) is 97.9 Å². The topological polar surface area (TPSA) is 104 Å². The molecule has 0 rings (SSSR count). The van der Waals surface area contributed by atoms with Crippen molar-refractivity contribution in [3.63, 3.8) is 0 Å². The highest BCUT2D eigenvalue weighted by atomic mass is 16.5. The zero-order valence-corrected chi connectivity index (χ0v) is 30.5. The first-order valence-corrected chi connectivity index (χ1v) is 15.3. The molecular weight excluding hydrogens is 540 g/mol. The minimum Gasteiger partial charge on any atom is -0.383 e. The van der Waals surface area contributed by atoms with Crippen LogP contribution in [0.5, 0.6) is 0 Å². The van der Waals surface area contributed by atoms with Gasteiger partial charge in [0.1, 0.15) is 0 Å². The van der Waals surface area contributed by atoms with E-state index in [9.17, 15) is 0 Å². The van der Waals surface area contributed by atoms with Gasteiger partial charge in [0.15, 0.2) is 0 Å². The second-order valence-corrected chi connectivity index (χ2v) is 11.1. The third-order valence-corrected chi connectivity index (χ3v) is 5.85. The third-order valence-electron chi connectivity index (χ3n) is 5.85. The quantitative estimate of drug-likeness (QED) is 0.157. The van der Waals surface area contributed by atoms with Crippen molar-refractivity contribution in [1.29, 1.82) is 0 Å². The molecule has 11 heteroatoms. The maximum atomic E-state index is 5.41. The summed E-state index contributed by atoms with van der Waals surface area (Å²) in [5.74, 6) is 0. The molecule has 0 heterocycles. The van der Waals surface area contributed by atoms with E-state index >= 15 is 0 Å². The molecule has 0 saturated heterocycles. The Balaban J connectivity index is -0.000000256. The van der Waals surface area contributed by atoms with Gasteiger partial charge in [-0.2, -0.15) is 0 Å². The fourth-order valence-electron chi connectivity index (χ4n) is 2.99. The Kier molecular flexibility index (Phi) is 42.4. The van der Waals surface area contributed by atoms with E-state index in [2.05, 4.69) is 76.2 Å². The van der Waals surface area contributed by atoms with Crippen molar-refractivity contribution in [3.05, 3.63) is 0 Å². The molecule has 0 amide bonds. The highest BCUT2D eigenvalue weighted by Gasteiger charge is 2.20. The van der Waals surface area contributed by atoms with Crippen molar-refractivity contribution in [2.75, 3.05) is 109 Å². The van der Waals surface area contributed by atoms with Gasteiger partial charge in [0, 0.05) is 100 Å². The molecule has 260 valence electrons. The van der Waals surface area contributed by atoms with Crippen LogP contribution >= 0.6 is 0 Å². The molecule has 0 aromatic rings. The van der Waals surface area contributed by atoms with Crippen molar-refractivity contribution < 1.29 is 33.2 Å².